The molecule has 0 radical (unpaired) electrons. The average molecular weight is 411 g/mol. The Morgan fingerprint density at radius 1 is 1.17 bits per heavy atom. The number of nitrogens with one attached hydrogen (secondary N) is 1. The summed E-state index contributed by atoms with van der Waals surface area (Å²) in [7, 11) is 0. The standard InChI is InChI=1S/C22H19F2N3O3/c23-13-5-6-17(24)16(11-13)21-20-15(14-3-1-2-4-18(14)25-20)7-8-27(21)19(28)12-26-9-10-30-22(26)29/h1-6,11,21,25H,7-10,12H2. The summed E-state index contributed by atoms with van der Waals surface area (Å²) in [6.45, 7) is 0.730. The molecule has 1 N–H and O–H groups in total. The quantitative estimate of drug-likeness (QED) is 0.719. The molecule has 1 aromatic heterocycles. The maximum absolute atomic E-state index is 14.8. The fourth-order valence-corrected chi connectivity index (χ4v) is 4.38. The zero-order valence-electron chi connectivity index (χ0n) is 16.0. The molecule has 1 atom stereocenters. The number of aromatic nitrogens is 1. The second-order valence-electron chi connectivity index (χ2n) is 7.50. The lowest BCUT2D eigenvalue weighted by atomic mass is 9.92. The van der Waals surface area contributed by atoms with E-state index in [4.69, 9.17) is 4.74 Å². The minimum atomic E-state index is -0.817. The summed E-state index contributed by atoms with van der Waals surface area (Å²) in [5.41, 5.74) is 2.62. The molecule has 0 spiro atoms. The first-order valence-corrected chi connectivity index (χ1v) is 9.78. The van der Waals surface area contributed by atoms with Gasteiger partial charge in [0.1, 0.15) is 30.8 Å². The second kappa shape index (κ2) is 7.12. The molecule has 0 aliphatic carbocycles. The molecule has 2 amide bonds. The van der Waals surface area contributed by atoms with Crippen LogP contribution in [-0.2, 0) is 16.0 Å². The minimum absolute atomic E-state index is 0.0832. The van der Waals surface area contributed by atoms with Crippen molar-refractivity contribution in [3.8, 4) is 0 Å². The zero-order valence-corrected chi connectivity index (χ0v) is 16.0. The van der Waals surface area contributed by atoms with E-state index in [0.717, 1.165) is 34.7 Å². The predicted octanol–water partition coefficient (Wildman–Crippen LogP) is 3.37. The van der Waals surface area contributed by atoms with Crippen molar-refractivity contribution in [1.29, 1.82) is 0 Å². The van der Waals surface area contributed by atoms with Gasteiger partial charge in [-0.1, -0.05) is 18.2 Å². The molecular formula is C22H19F2N3O3. The van der Waals surface area contributed by atoms with Gasteiger partial charge in [0.15, 0.2) is 0 Å². The third-order valence-corrected chi connectivity index (χ3v) is 5.78. The normalized spacial score (nSPS) is 18.6. The van der Waals surface area contributed by atoms with Crippen molar-refractivity contribution in [1.82, 2.24) is 14.8 Å². The summed E-state index contributed by atoms with van der Waals surface area (Å²) in [5, 5.41) is 1.00. The molecule has 2 aliphatic heterocycles. The molecule has 0 bridgehead atoms. The number of carbonyl (C=O) groups is 2. The van der Waals surface area contributed by atoms with E-state index in [1.807, 2.05) is 24.3 Å². The molecule has 2 aromatic carbocycles. The predicted molar refractivity (Wildman–Crippen MR) is 105 cm³/mol. The molecule has 6 nitrogen and oxygen atoms in total. The molecule has 154 valence electrons. The van der Waals surface area contributed by atoms with Gasteiger partial charge in [0.2, 0.25) is 5.91 Å². The van der Waals surface area contributed by atoms with Gasteiger partial charge in [-0.25, -0.2) is 13.6 Å². The first kappa shape index (κ1) is 18.6. The summed E-state index contributed by atoms with van der Waals surface area (Å²) in [6.07, 6.45) is 0.0309. The molecule has 5 rings (SSSR count). The summed E-state index contributed by atoms with van der Waals surface area (Å²) >= 11 is 0. The monoisotopic (exact) mass is 411 g/mol. The van der Waals surface area contributed by atoms with Crippen LogP contribution in [0.2, 0.25) is 0 Å². The molecule has 3 aromatic rings. The Hall–Kier alpha value is -3.42. The third-order valence-electron chi connectivity index (χ3n) is 5.78. The van der Waals surface area contributed by atoms with Crippen LogP contribution < -0.4 is 0 Å². The van der Waals surface area contributed by atoms with Crippen LogP contribution in [0.5, 0.6) is 0 Å². The highest BCUT2D eigenvalue weighted by Gasteiger charge is 2.37. The topological polar surface area (TPSA) is 65.6 Å². The van der Waals surface area contributed by atoms with Gasteiger partial charge in [0, 0.05) is 28.7 Å². The minimum Gasteiger partial charge on any atom is -0.448 e. The number of cyclic esters (lactones) is 1. The SMILES string of the molecule is O=C1OCCN1CC(=O)N1CCc2c([nH]c3ccccc23)C1c1cc(F)ccc1F. The van der Waals surface area contributed by atoms with Gasteiger partial charge in [-0.2, -0.15) is 0 Å². The Labute approximate surface area is 171 Å². The number of fused-ring (bicyclic) bond motifs is 3. The Kier molecular flexibility index (Phi) is 4.42. The number of carbonyl (C=O) groups excluding carboxylic acids is 2. The van der Waals surface area contributed by atoms with Crippen molar-refractivity contribution >= 4 is 22.9 Å². The summed E-state index contributed by atoms with van der Waals surface area (Å²) in [5.74, 6) is -1.51. The molecule has 8 heteroatoms. The Morgan fingerprint density at radius 2 is 2.00 bits per heavy atom. The third kappa shape index (κ3) is 2.99. The maximum Gasteiger partial charge on any atom is 0.410 e. The fourth-order valence-electron chi connectivity index (χ4n) is 4.38. The van der Waals surface area contributed by atoms with Crippen LogP contribution in [0.1, 0.15) is 22.9 Å². The van der Waals surface area contributed by atoms with Gasteiger partial charge in [-0.05, 0) is 36.2 Å². The van der Waals surface area contributed by atoms with Crippen LogP contribution in [0.25, 0.3) is 10.9 Å². The van der Waals surface area contributed by atoms with Gasteiger partial charge in [0.05, 0.1) is 6.54 Å². The van der Waals surface area contributed by atoms with Crippen LogP contribution in [0.3, 0.4) is 0 Å². The van der Waals surface area contributed by atoms with Crippen LogP contribution in [0.15, 0.2) is 42.5 Å². The molecule has 3 heterocycles. The first-order valence-electron chi connectivity index (χ1n) is 9.78. The maximum atomic E-state index is 14.8. The van der Waals surface area contributed by atoms with E-state index in [1.165, 1.54) is 9.80 Å². The lowest BCUT2D eigenvalue weighted by molar-refractivity contribution is -0.133. The highest BCUT2D eigenvalue weighted by Crippen LogP contribution is 2.39. The largest absolute Gasteiger partial charge is 0.448 e. The number of H-pyrrole nitrogens is 1. The number of para-hydroxylation sites is 1. The second-order valence-corrected chi connectivity index (χ2v) is 7.50. The Balaban J connectivity index is 1.60. The van der Waals surface area contributed by atoms with Crippen molar-refractivity contribution in [3.05, 3.63) is 70.9 Å². The number of hydrogen-bond donors (Lipinski definition) is 1. The number of halogens is 2. The zero-order chi connectivity index (χ0) is 20.8. The van der Waals surface area contributed by atoms with E-state index in [1.54, 1.807) is 0 Å². The molecule has 1 fully saturated rings. The number of nitrogens with zero attached hydrogens (tertiary/aromatic N) is 2. The molecule has 1 unspecified atom stereocenters. The number of ether oxygens (including phenoxy) is 1. The van der Waals surface area contributed by atoms with Crippen LogP contribution in [0.4, 0.5) is 13.6 Å². The molecule has 30 heavy (non-hydrogen) atoms. The van der Waals surface area contributed by atoms with E-state index < -0.39 is 23.8 Å². The Bertz CT molecular complexity index is 1160. The average Bonchev–Trinajstić information content (AvgIpc) is 3.32. The molecule has 0 saturated carbocycles. The van der Waals surface area contributed by atoms with E-state index in [0.29, 0.717) is 25.2 Å². The molecule has 2 aliphatic rings. The lowest BCUT2D eigenvalue weighted by Crippen LogP contribution is -2.46. The van der Waals surface area contributed by atoms with Crippen LogP contribution in [0, 0.1) is 11.6 Å². The van der Waals surface area contributed by atoms with E-state index in [9.17, 15) is 18.4 Å². The van der Waals surface area contributed by atoms with Gasteiger partial charge in [-0.3, -0.25) is 9.69 Å². The Morgan fingerprint density at radius 3 is 2.80 bits per heavy atom. The summed E-state index contributed by atoms with van der Waals surface area (Å²) in [6, 6.07) is 10.1. The van der Waals surface area contributed by atoms with Crippen molar-refractivity contribution < 1.29 is 23.1 Å². The van der Waals surface area contributed by atoms with E-state index in [-0.39, 0.29) is 24.6 Å². The fraction of sp³-hybridized carbons (Fsp3) is 0.273. The first-order chi connectivity index (χ1) is 14.5. The van der Waals surface area contributed by atoms with Crippen molar-refractivity contribution in [3.63, 3.8) is 0 Å². The van der Waals surface area contributed by atoms with Crippen molar-refractivity contribution in [2.75, 3.05) is 26.2 Å². The van der Waals surface area contributed by atoms with Crippen molar-refractivity contribution in [2.24, 2.45) is 0 Å². The summed E-state index contributed by atoms with van der Waals surface area (Å²) < 4.78 is 33.7. The highest BCUT2D eigenvalue weighted by molar-refractivity contribution is 5.88. The van der Waals surface area contributed by atoms with E-state index >= 15 is 0 Å². The number of rotatable bonds is 3. The van der Waals surface area contributed by atoms with Gasteiger partial charge >= 0.3 is 6.09 Å². The molecule has 1 saturated heterocycles. The number of aromatic amines is 1. The molecular weight excluding hydrogens is 392 g/mol. The highest BCUT2D eigenvalue weighted by atomic mass is 19.1. The number of hydrogen-bond acceptors (Lipinski definition) is 3. The number of amides is 2. The van der Waals surface area contributed by atoms with Gasteiger partial charge < -0.3 is 14.6 Å². The van der Waals surface area contributed by atoms with Crippen LogP contribution >= 0.6 is 0 Å². The van der Waals surface area contributed by atoms with Gasteiger partial charge in [-0.15, -0.1) is 0 Å². The smallest absolute Gasteiger partial charge is 0.410 e. The number of benzene rings is 2. The summed E-state index contributed by atoms with van der Waals surface area (Å²) in [4.78, 5) is 31.1. The van der Waals surface area contributed by atoms with E-state index in [2.05, 4.69) is 4.98 Å². The van der Waals surface area contributed by atoms with Crippen molar-refractivity contribution in [2.45, 2.75) is 12.5 Å². The van der Waals surface area contributed by atoms with Crippen LogP contribution in [-0.4, -0.2) is 53.0 Å². The lowest BCUT2D eigenvalue weighted by Gasteiger charge is -2.37. The van der Waals surface area contributed by atoms with Gasteiger partial charge in [0.25, 0.3) is 0 Å².